The van der Waals surface area contributed by atoms with Crippen molar-refractivity contribution >= 4 is 13.5 Å². The van der Waals surface area contributed by atoms with Crippen LogP contribution in [0.3, 0.4) is 0 Å². The zero-order chi connectivity index (χ0) is 7.61. The van der Waals surface area contributed by atoms with Crippen LogP contribution in [0.15, 0.2) is 0 Å². The molecule has 11 heavy (non-hydrogen) atoms. The Morgan fingerprint density at radius 1 is 1.45 bits per heavy atom. The fraction of sp³-hybridized carbons (Fsp3) is 1.00. The SMILES string of the molecule is CN[C@H]1CCOC(C)(C)C1.S. The average Bonchev–Trinajstić information content (AvgIpc) is 1.86. The van der Waals surface area contributed by atoms with Crippen molar-refractivity contribution in [2.75, 3.05) is 13.7 Å². The summed E-state index contributed by atoms with van der Waals surface area (Å²) in [5.74, 6) is 0. The van der Waals surface area contributed by atoms with Crippen LogP contribution in [0.25, 0.3) is 0 Å². The summed E-state index contributed by atoms with van der Waals surface area (Å²) in [7, 11) is 2.02. The molecule has 2 nitrogen and oxygen atoms in total. The van der Waals surface area contributed by atoms with Gasteiger partial charge >= 0.3 is 0 Å². The van der Waals surface area contributed by atoms with Gasteiger partial charge in [0.1, 0.15) is 0 Å². The monoisotopic (exact) mass is 177 g/mol. The smallest absolute Gasteiger partial charge is 0.0641 e. The van der Waals surface area contributed by atoms with Gasteiger partial charge in [-0.15, -0.1) is 0 Å². The summed E-state index contributed by atoms with van der Waals surface area (Å²) in [4.78, 5) is 0. The van der Waals surface area contributed by atoms with E-state index < -0.39 is 0 Å². The molecule has 1 fully saturated rings. The first-order chi connectivity index (χ1) is 4.64. The van der Waals surface area contributed by atoms with E-state index in [0.717, 1.165) is 19.4 Å². The van der Waals surface area contributed by atoms with E-state index in [-0.39, 0.29) is 19.1 Å². The van der Waals surface area contributed by atoms with Gasteiger partial charge in [0.2, 0.25) is 0 Å². The topological polar surface area (TPSA) is 21.3 Å². The lowest BCUT2D eigenvalue weighted by molar-refractivity contribution is -0.0619. The van der Waals surface area contributed by atoms with E-state index in [2.05, 4.69) is 19.2 Å². The Morgan fingerprint density at radius 2 is 2.09 bits per heavy atom. The minimum absolute atomic E-state index is 0. The largest absolute Gasteiger partial charge is 0.375 e. The predicted octanol–water partition coefficient (Wildman–Crippen LogP) is 1.28. The molecule has 0 saturated carbocycles. The lowest BCUT2D eigenvalue weighted by Crippen LogP contribution is -2.42. The molecule has 1 heterocycles. The summed E-state index contributed by atoms with van der Waals surface area (Å²) in [6.45, 7) is 5.20. The highest BCUT2D eigenvalue weighted by molar-refractivity contribution is 7.59. The van der Waals surface area contributed by atoms with Crippen LogP contribution in [0.1, 0.15) is 26.7 Å². The first kappa shape index (κ1) is 11.3. The maximum absolute atomic E-state index is 5.56. The second-order valence-electron chi connectivity index (χ2n) is 3.59. The maximum Gasteiger partial charge on any atom is 0.0641 e. The molecule has 3 heteroatoms. The Bertz CT molecular complexity index is 117. The molecule has 1 atom stereocenters. The van der Waals surface area contributed by atoms with Crippen molar-refractivity contribution in [1.29, 1.82) is 0 Å². The van der Waals surface area contributed by atoms with Crippen molar-refractivity contribution < 1.29 is 4.74 Å². The van der Waals surface area contributed by atoms with Crippen LogP contribution in [0.4, 0.5) is 0 Å². The highest BCUT2D eigenvalue weighted by atomic mass is 32.1. The summed E-state index contributed by atoms with van der Waals surface area (Å²) in [5.41, 5.74) is 0.0892. The second kappa shape index (κ2) is 4.33. The van der Waals surface area contributed by atoms with Crippen LogP contribution < -0.4 is 5.32 Å². The Kier molecular flexibility index (Phi) is 4.44. The minimum atomic E-state index is 0. The van der Waals surface area contributed by atoms with Crippen molar-refractivity contribution in [2.45, 2.75) is 38.3 Å². The molecule has 0 unspecified atom stereocenters. The van der Waals surface area contributed by atoms with Gasteiger partial charge in [-0.3, -0.25) is 0 Å². The molecule has 0 spiro atoms. The molecule has 1 aliphatic heterocycles. The second-order valence-corrected chi connectivity index (χ2v) is 3.59. The van der Waals surface area contributed by atoms with Gasteiger partial charge in [-0.05, 0) is 33.7 Å². The molecular formula is C8H19NOS. The van der Waals surface area contributed by atoms with Gasteiger partial charge in [-0.2, -0.15) is 13.5 Å². The van der Waals surface area contributed by atoms with E-state index >= 15 is 0 Å². The zero-order valence-electron chi connectivity index (χ0n) is 7.61. The molecule has 68 valence electrons. The van der Waals surface area contributed by atoms with Crippen LogP contribution in [0, 0.1) is 0 Å². The fourth-order valence-corrected chi connectivity index (χ4v) is 1.48. The first-order valence-corrected chi connectivity index (χ1v) is 3.95. The average molecular weight is 177 g/mol. The first-order valence-electron chi connectivity index (χ1n) is 3.95. The van der Waals surface area contributed by atoms with Crippen molar-refractivity contribution in [3.8, 4) is 0 Å². The molecule has 1 aliphatic rings. The molecular weight excluding hydrogens is 158 g/mol. The third-order valence-corrected chi connectivity index (χ3v) is 2.11. The van der Waals surface area contributed by atoms with Gasteiger partial charge in [0.15, 0.2) is 0 Å². The molecule has 0 amide bonds. The van der Waals surface area contributed by atoms with E-state index in [0.29, 0.717) is 6.04 Å². The molecule has 0 aromatic carbocycles. The third-order valence-electron chi connectivity index (χ3n) is 2.11. The predicted molar refractivity (Wildman–Crippen MR) is 52.5 cm³/mol. The normalized spacial score (nSPS) is 29.2. The summed E-state index contributed by atoms with van der Waals surface area (Å²) < 4.78 is 5.56. The van der Waals surface area contributed by atoms with Crippen molar-refractivity contribution in [3.05, 3.63) is 0 Å². The molecule has 1 N–H and O–H groups in total. The van der Waals surface area contributed by atoms with Gasteiger partial charge in [-0.1, -0.05) is 0 Å². The van der Waals surface area contributed by atoms with Gasteiger partial charge in [0, 0.05) is 12.6 Å². The van der Waals surface area contributed by atoms with E-state index in [1.165, 1.54) is 0 Å². The molecule has 0 radical (unpaired) electrons. The number of nitrogens with one attached hydrogen (secondary N) is 1. The Labute approximate surface area is 76.1 Å². The zero-order valence-corrected chi connectivity index (χ0v) is 8.61. The fourth-order valence-electron chi connectivity index (χ4n) is 1.48. The molecule has 0 aromatic rings. The highest BCUT2D eigenvalue weighted by Crippen LogP contribution is 2.23. The van der Waals surface area contributed by atoms with Crippen LogP contribution in [-0.2, 0) is 4.74 Å². The van der Waals surface area contributed by atoms with E-state index in [4.69, 9.17) is 4.74 Å². The van der Waals surface area contributed by atoms with Crippen LogP contribution in [0.5, 0.6) is 0 Å². The van der Waals surface area contributed by atoms with Gasteiger partial charge in [-0.25, -0.2) is 0 Å². The summed E-state index contributed by atoms with van der Waals surface area (Å²) in [5, 5.41) is 3.28. The Balaban J connectivity index is 0.000001000. The molecule has 0 aromatic heterocycles. The number of hydrogen-bond donors (Lipinski definition) is 1. The Morgan fingerprint density at radius 3 is 2.45 bits per heavy atom. The molecule has 0 aliphatic carbocycles. The third kappa shape index (κ3) is 3.45. The summed E-state index contributed by atoms with van der Waals surface area (Å²) >= 11 is 0. The van der Waals surface area contributed by atoms with E-state index in [1.54, 1.807) is 0 Å². The van der Waals surface area contributed by atoms with Crippen LogP contribution in [0.2, 0.25) is 0 Å². The van der Waals surface area contributed by atoms with Crippen molar-refractivity contribution in [3.63, 3.8) is 0 Å². The lowest BCUT2D eigenvalue weighted by Gasteiger charge is -2.35. The van der Waals surface area contributed by atoms with Crippen LogP contribution >= 0.6 is 13.5 Å². The van der Waals surface area contributed by atoms with Gasteiger partial charge in [0.25, 0.3) is 0 Å². The molecule has 0 bridgehead atoms. The number of hydrogen-bond acceptors (Lipinski definition) is 2. The molecule has 1 rings (SSSR count). The van der Waals surface area contributed by atoms with Crippen LogP contribution in [-0.4, -0.2) is 25.3 Å². The highest BCUT2D eigenvalue weighted by Gasteiger charge is 2.27. The molecule has 1 saturated heterocycles. The quantitative estimate of drug-likeness (QED) is 0.651. The maximum atomic E-state index is 5.56. The standard InChI is InChI=1S/C8H17NO.H2S/c1-8(2)6-7(9-3)4-5-10-8;/h7,9H,4-6H2,1-3H3;1H2/t7-;/m0./s1. The van der Waals surface area contributed by atoms with Gasteiger partial charge in [0.05, 0.1) is 5.60 Å². The van der Waals surface area contributed by atoms with Crippen molar-refractivity contribution in [2.24, 2.45) is 0 Å². The lowest BCUT2D eigenvalue weighted by atomic mass is 9.94. The Hall–Kier alpha value is 0.270. The summed E-state index contributed by atoms with van der Waals surface area (Å²) in [6.07, 6.45) is 2.28. The summed E-state index contributed by atoms with van der Waals surface area (Å²) in [6, 6.07) is 0.656. The minimum Gasteiger partial charge on any atom is -0.375 e. The number of rotatable bonds is 1. The van der Waals surface area contributed by atoms with Crippen molar-refractivity contribution in [1.82, 2.24) is 5.32 Å². The number of ether oxygens (including phenoxy) is 1. The van der Waals surface area contributed by atoms with Gasteiger partial charge < -0.3 is 10.1 Å². The van der Waals surface area contributed by atoms with E-state index in [9.17, 15) is 0 Å². The van der Waals surface area contributed by atoms with E-state index in [1.807, 2.05) is 7.05 Å².